The third-order valence-corrected chi connectivity index (χ3v) is 4.55. The van der Waals surface area contributed by atoms with E-state index in [-0.39, 0.29) is 30.8 Å². The summed E-state index contributed by atoms with van der Waals surface area (Å²) in [4.78, 5) is 26.5. The molecular weight excluding hydrogens is 286 g/mol. The van der Waals surface area contributed by atoms with Gasteiger partial charge in [0.15, 0.2) is 0 Å². The minimum Gasteiger partial charge on any atom is -0.480 e. The van der Waals surface area contributed by atoms with Crippen molar-refractivity contribution in [3.63, 3.8) is 0 Å². The van der Waals surface area contributed by atoms with Gasteiger partial charge in [-0.05, 0) is 32.2 Å². The van der Waals surface area contributed by atoms with E-state index in [1.807, 2.05) is 11.8 Å². The quantitative estimate of drug-likeness (QED) is 0.724. The van der Waals surface area contributed by atoms with E-state index >= 15 is 0 Å². The third-order valence-electron chi connectivity index (χ3n) is 4.55. The predicted octanol–water partition coefficient (Wildman–Crippen LogP) is 0.744. The first-order valence-corrected chi connectivity index (χ1v) is 8.08. The molecule has 2 rings (SSSR count). The van der Waals surface area contributed by atoms with Gasteiger partial charge in [-0.2, -0.15) is 0 Å². The van der Waals surface area contributed by atoms with Gasteiger partial charge in [0.25, 0.3) is 0 Å². The van der Waals surface area contributed by atoms with Gasteiger partial charge in [-0.3, -0.25) is 9.69 Å². The molecule has 0 bridgehead atoms. The minimum absolute atomic E-state index is 0.0692. The van der Waals surface area contributed by atoms with E-state index in [9.17, 15) is 9.59 Å². The molecule has 1 unspecified atom stereocenters. The Morgan fingerprint density at radius 2 is 2.09 bits per heavy atom. The van der Waals surface area contributed by atoms with Crippen molar-refractivity contribution >= 4 is 12.0 Å². The highest BCUT2D eigenvalue weighted by Gasteiger charge is 2.35. The van der Waals surface area contributed by atoms with Crippen molar-refractivity contribution in [2.24, 2.45) is 0 Å². The van der Waals surface area contributed by atoms with Gasteiger partial charge in [0, 0.05) is 32.3 Å². The van der Waals surface area contributed by atoms with Crippen LogP contribution >= 0.6 is 0 Å². The number of likely N-dealkylation sites (N-methyl/N-ethyl adjacent to an activating group) is 2. The van der Waals surface area contributed by atoms with Gasteiger partial charge in [0.1, 0.15) is 0 Å². The van der Waals surface area contributed by atoms with E-state index in [1.165, 1.54) is 0 Å². The fourth-order valence-corrected chi connectivity index (χ4v) is 3.14. The number of carbonyl (C=O) groups excluding carboxylic acids is 1. The number of urea groups is 1. The van der Waals surface area contributed by atoms with Crippen LogP contribution in [0.2, 0.25) is 0 Å². The molecule has 1 heterocycles. The molecule has 1 saturated heterocycles. The molecule has 1 atom stereocenters. The average molecular weight is 313 g/mol. The van der Waals surface area contributed by atoms with Crippen LogP contribution in [-0.2, 0) is 9.53 Å². The Hall–Kier alpha value is -1.34. The number of rotatable bonds is 7. The van der Waals surface area contributed by atoms with E-state index in [0.29, 0.717) is 6.54 Å². The van der Waals surface area contributed by atoms with Crippen LogP contribution in [0.5, 0.6) is 0 Å². The standard InChI is InChI=1S/C15H27N3O4/c1-3-18(10-14(19)20)12-7-11(8-12)16-15(21)17(2)9-13-5-4-6-22-13/h11-13H,3-10H2,1-2H3,(H,16,21)(H,19,20). The zero-order chi connectivity index (χ0) is 16.1. The van der Waals surface area contributed by atoms with E-state index in [2.05, 4.69) is 5.32 Å². The van der Waals surface area contributed by atoms with E-state index in [4.69, 9.17) is 9.84 Å². The number of nitrogens with one attached hydrogen (secondary N) is 1. The predicted molar refractivity (Wildman–Crippen MR) is 81.8 cm³/mol. The van der Waals surface area contributed by atoms with Gasteiger partial charge in [-0.15, -0.1) is 0 Å². The maximum atomic E-state index is 12.1. The molecule has 7 nitrogen and oxygen atoms in total. The molecule has 2 fully saturated rings. The summed E-state index contributed by atoms with van der Waals surface area (Å²) in [6.45, 7) is 4.17. The molecule has 1 saturated carbocycles. The Morgan fingerprint density at radius 1 is 1.36 bits per heavy atom. The second-order valence-electron chi connectivity index (χ2n) is 6.24. The molecule has 0 radical (unpaired) electrons. The largest absolute Gasteiger partial charge is 0.480 e. The summed E-state index contributed by atoms with van der Waals surface area (Å²) in [5.74, 6) is -0.800. The summed E-state index contributed by atoms with van der Waals surface area (Å²) < 4.78 is 5.54. The van der Waals surface area contributed by atoms with Crippen LogP contribution in [-0.4, -0.2) is 78.4 Å². The Balaban J connectivity index is 1.67. The molecule has 0 aromatic heterocycles. The Bertz CT molecular complexity index is 392. The summed E-state index contributed by atoms with van der Waals surface area (Å²) in [5.41, 5.74) is 0. The summed E-state index contributed by atoms with van der Waals surface area (Å²) in [6.07, 6.45) is 3.89. The highest BCUT2D eigenvalue weighted by atomic mass is 16.5. The second-order valence-corrected chi connectivity index (χ2v) is 6.24. The molecule has 1 aliphatic carbocycles. The molecule has 22 heavy (non-hydrogen) atoms. The normalized spacial score (nSPS) is 27.5. The van der Waals surface area contributed by atoms with Crippen LogP contribution in [0.25, 0.3) is 0 Å². The number of aliphatic carboxylic acids is 1. The molecule has 2 aliphatic rings. The van der Waals surface area contributed by atoms with Crippen LogP contribution in [0, 0.1) is 0 Å². The third kappa shape index (κ3) is 4.58. The SMILES string of the molecule is CCN(CC(=O)O)C1CC(NC(=O)N(C)CC2CCCO2)C1. The number of amides is 2. The van der Waals surface area contributed by atoms with Crippen molar-refractivity contribution in [2.75, 3.05) is 33.3 Å². The molecular formula is C15H27N3O4. The smallest absolute Gasteiger partial charge is 0.317 e. The summed E-state index contributed by atoms with van der Waals surface area (Å²) in [7, 11) is 1.79. The molecule has 7 heteroatoms. The van der Waals surface area contributed by atoms with Crippen molar-refractivity contribution in [3.8, 4) is 0 Å². The minimum atomic E-state index is -0.800. The number of carbonyl (C=O) groups is 2. The van der Waals surface area contributed by atoms with Gasteiger partial charge in [-0.25, -0.2) is 4.79 Å². The lowest BCUT2D eigenvalue weighted by Crippen LogP contribution is -2.56. The highest BCUT2D eigenvalue weighted by Crippen LogP contribution is 2.25. The molecule has 2 amide bonds. The highest BCUT2D eigenvalue weighted by molar-refractivity contribution is 5.74. The Kier molecular flexibility index (Phi) is 6.02. The second kappa shape index (κ2) is 7.78. The maximum absolute atomic E-state index is 12.1. The first-order chi connectivity index (χ1) is 10.5. The van der Waals surface area contributed by atoms with Gasteiger partial charge in [0.2, 0.25) is 0 Å². The molecule has 0 aromatic rings. The van der Waals surface area contributed by atoms with Gasteiger partial charge >= 0.3 is 12.0 Å². The number of carboxylic acids is 1. The average Bonchev–Trinajstić information content (AvgIpc) is 2.92. The van der Waals surface area contributed by atoms with Crippen LogP contribution in [0.15, 0.2) is 0 Å². The van der Waals surface area contributed by atoms with Crippen LogP contribution in [0.4, 0.5) is 4.79 Å². The van der Waals surface area contributed by atoms with Crippen molar-refractivity contribution < 1.29 is 19.4 Å². The van der Waals surface area contributed by atoms with E-state index in [0.717, 1.165) is 38.8 Å². The molecule has 1 aliphatic heterocycles. The summed E-state index contributed by atoms with van der Waals surface area (Å²) >= 11 is 0. The van der Waals surface area contributed by atoms with Gasteiger partial charge in [0.05, 0.1) is 12.6 Å². The first-order valence-electron chi connectivity index (χ1n) is 8.08. The molecule has 0 aromatic carbocycles. The lowest BCUT2D eigenvalue weighted by atomic mass is 9.85. The van der Waals surface area contributed by atoms with Crippen LogP contribution in [0.1, 0.15) is 32.6 Å². The zero-order valence-corrected chi connectivity index (χ0v) is 13.5. The Morgan fingerprint density at radius 3 is 2.64 bits per heavy atom. The number of hydrogen-bond donors (Lipinski definition) is 2. The maximum Gasteiger partial charge on any atom is 0.317 e. The lowest BCUT2D eigenvalue weighted by molar-refractivity contribution is -0.139. The van der Waals surface area contributed by atoms with Gasteiger partial charge < -0.3 is 20.1 Å². The van der Waals surface area contributed by atoms with E-state index in [1.54, 1.807) is 11.9 Å². The number of hydrogen-bond acceptors (Lipinski definition) is 4. The van der Waals surface area contributed by atoms with Crippen LogP contribution in [0.3, 0.4) is 0 Å². The lowest BCUT2D eigenvalue weighted by Gasteiger charge is -2.42. The zero-order valence-electron chi connectivity index (χ0n) is 13.5. The summed E-state index contributed by atoms with van der Waals surface area (Å²) in [6, 6.07) is 0.336. The summed E-state index contributed by atoms with van der Waals surface area (Å²) in [5, 5.41) is 11.9. The van der Waals surface area contributed by atoms with Crippen molar-refractivity contribution in [1.29, 1.82) is 0 Å². The van der Waals surface area contributed by atoms with Crippen molar-refractivity contribution in [3.05, 3.63) is 0 Å². The fraction of sp³-hybridized carbons (Fsp3) is 0.867. The topological polar surface area (TPSA) is 82.1 Å². The monoisotopic (exact) mass is 313 g/mol. The van der Waals surface area contributed by atoms with E-state index < -0.39 is 5.97 Å². The fourth-order valence-electron chi connectivity index (χ4n) is 3.14. The first kappa shape index (κ1) is 17.0. The van der Waals surface area contributed by atoms with Crippen molar-refractivity contribution in [1.82, 2.24) is 15.1 Å². The molecule has 126 valence electrons. The molecule has 2 N–H and O–H groups in total. The van der Waals surface area contributed by atoms with Crippen molar-refractivity contribution in [2.45, 2.75) is 50.8 Å². The van der Waals surface area contributed by atoms with Gasteiger partial charge in [-0.1, -0.05) is 6.92 Å². The molecule has 0 spiro atoms. The van der Waals surface area contributed by atoms with Crippen LogP contribution < -0.4 is 5.32 Å². The Labute approximate surface area is 131 Å². The number of nitrogens with zero attached hydrogens (tertiary/aromatic N) is 2. The number of carboxylic acid groups (broad SMARTS) is 1. The number of ether oxygens (including phenoxy) is 1.